The Labute approximate surface area is 101 Å². The number of methoxy groups -OCH3 is 1. The molecule has 0 saturated heterocycles. The fraction of sp³-hybridized carbons (Fsp3) is 0.0667. The van der Waals surface area contributed by atoms with Crippen LogP contribution in [0.5, 0.6) is 11.5 Å². The Morgan fingerprint density at radius 3 is 2.41 bits per heavy atom. The molecule has 1 N–H and O–H groups in total. The maximum atomic E-state index is 9.89. The van der Waals surface area contributed by atoms with E-state index >= 15 is 0 Å². The van der Waals surface area contributed by atoms with Crippen LogP contribution in [0.4, 0.5) is 0 Å². The summed E-state index contributed by atoms with van der Waals surface area (Å²) in [5, 5.41) is 9.89. The molecule has 0 aliphatic heterocycles. The third-order valence-corrected chi connectivity index (χ3v) is 2.51. The summed E-state index contributed by atoms with van der Waals surface area (Å²) in [6.07, 6.45) is 3.82. The largest absolute Gasteiger partial charge is 0.504 e. The van der Waals surface area contributed by atoms with Crippen molar-refractivity contribution in [2.45, 2.75) is 0 Å². The highest BCUT2D eigenvalue weighted by Gasteiger charge is 2.03. The molecule has 0 bridgehead atoms. The van der Waals surface area contributed by atoms with Gasteiger partial charge in [0.2, 0.25) is 0 Å². The van der Waals surface area contributed by atoms with Gasteiger partial charge in [0.05, 0.1) is 7.11 Å². The van der Waals surface area contributed by atoms with Gasteiger partial charge in [-0.25, -0.2) is 0 Å². The number of hydrogen-bond acceptors (Lipinski definition) is 2. The van der Waals surface area contributed by atoms with Gasteiger partial charge < -0.3 is 9.84 Å². The molecule has 0 aliphatic carbocycles. The number of para-hydroxylation sites is 1. The zero-order valence-corrected chi connectivity index (χ0v) is 9.63. The van der Waals surface area contributed by atoms with Gasteiger partial charge in [0, 0.05) is 5.56 Å². The Hall–Kier alpha value is -2.22. The molecule has 0 unspecified atom stereocenters. The number of benzene rings is 2. The normalized spacial score (nSPS) is 10.6. The van der Waals surface area contributed by atoms with Gasteiger partial charge >= 0.3 is 0 Å². The first-order valence-electron chi connectivity index (χ1n) is 5.40. The third kappa shape index (κ3) is 2.67. The number of rotatable bonds is 3. The number of aromatic hydroxyl groups is 1. The molecule has 0 amide bonds. The molecule has 86 valence electrons. The van der Waals surface area contributed by atoms with E-state index in [0.717, 1.165) is 11.1 Å². The lowest BCUT2D eigenvalue weighted by atomic mass is 10.1. The van der Waals surface area contributed by atoms with E-state index in [1.807, 2.05) is 54.6 Å². The zero-order valence-electron chi connectivity index (χ0n) is 9.63. The van der Waals surface area contributed by atoms with Crippen LogP contribution in [-0.2, 0) is 0 Å². The van der Waals surface area contributed by atoms with Crippen LogP contribution in [0.25, 0.3) is 12.2 Å². The summed E-state index contributed by atoms with van der Waals surface area (Å²) in [4.78, 5) is 0. The number of hydrogen-bond donors (Lipinski definition) is 1. The first-order chi connectivity index (χ1) is 8.31. The van der Waals surface area contributed by atoms with Crippen molar-refractivity contribution in [3.8, 4) is 11.5 Å². The average Bonchev–Trinajstić information content (AvgIpc) is 2.39. The summed E-state index contributed by atoms with van der Waals surface area (Å²) < 4.78 is 5.05. The fourth-order valence-corrected chi connectivity index (χ4v) is 1.59. The summed E-state index contributed by atoms with van der Waals surface area (Å²) >= 11 is 0. The minimum absolute atomic E-state index is 0.169. The van der Waals surface area contributed by atoms with E-state index in [2.05, 4.69) is 0 Å². The maximum Gasteiger partial charge on any atom is 0.165 e. The Bertz CT molecular complexity index is 516. The summed E-state index contributed by atoms with van der Waals surface area (Å²) in [6, 6.07) is 15.4. The standard InChI is InChI=1S/C15H14O2/c1-17-14-9-5-8-13(15(14)16)11-10-12-6-3-2-4-7-12/h2-11,16H,1H3/b11-10+. The summed E-state index contributed by atoms with van der Waals surface area (Å²) in [5.41, 5.74) is 1.84. The van der Waals surface area contributed by atoms with Crippen molar-refractivity contribution in [3.05, 3.63) is 59.7 Å². The van der Waals surface area contributed by atoms with Crippen molar-refractivity contribution in [2.75, 3.05) is 7.11 Å². The van der Waals surface area contributed by atoms with Crippen molar-refractivity contribution in [1.82, 2.24) is 0 Å². The number of phenolic OH excluding ortho intramolecular Hbond substituents is 1. The smallest absolute Gasteiger partial charge is 0.165 e. The van der Waals surface area contributed by atoms with Crippen LogP contribution in [0.2, 0.25) is 0 Å². The Morgan fingerprint density at radius 2 is 1.71 bits per heavy atom. The van der Waals surface area contributed by atoms with Crippen molar-refractivity contribution >= 4 is 12.2 Å². The van der Waals surface area contributed by atoms with E-state index in [-0.39, 0.29) is 5.75 Å². The summed E-state index contributed by atoms with van der Waals surface area (Å²) in [7, 11) is 1.54. The molecule has 0 fully saturated rings. The van der Waals surface area contributed by atoms with Crippen LogP contribution in [0.15, 0.2) is 48.5 Å². The van der Waals surface area contributed by atoms with Crippen molar-refractivity contribution in [3.63, 3.8) is 0 Å². The van der Waals surface area contributed by atoms with E-state index in [0.29, 0.717) is 5.75 Å². The van der Waals surface area contributed by atoms with Crippen LogP contribution in [0.3, 0.4) is 0 Å². The van der Waals surface area contributed by atoms with Gasteiger partial charge in [-0.3, -0.25) is 0 Å². The predicted octanol–water partition coefficient (Wildman–Crippen LogP) is 3.57. The molecule has 0 spiro atoms. The van der Waals surface area contributed by atoms with Crippen molar-refractivity contribution in [1.29, 1.82) is 0 Å². The van der Waals surface area contributed by atoms with Crippen LogP contribution in [0.1, 0.15) is 11.1 Å². The molecular formula is C15H14O2. The highest BCUT2D eigenvalue weighted by molar-refractivity contribution is 5.73. The number of ether oxygens (including phenoxy) is 1. The van der Waals surface area contributed by atoms with Gasteiger partial charge in [0.25, 0.3) is 0 Å². The van der Waals surface area contributed by atoms with Crippen LogP contribution < -0.4 is 4.74 Å². The molecule has 2 aromatic carbocycles. The lowest BCUT2D eigenvalue weighted by molar-refractivity contribution is 0.373. The van der Waals surface area contributed by atoms with E-state index in [1.165, 1.54) is 0 Å². The third-order valence-electron chi connectivity index (χ3n) is 2.51. The van der Waals surface area contributed by atoms with Gasteiger partial charge in [-0.05, 0) is 11.6 Å². The van der Waals surface area contributed by atoms with Gasteiger partial charge in [-0.2, -0.15) is 0 Å². The minimum Gasteiger partial charge on any atom is -0.504 e. The molecule has 0 aromatic heterocycles. The highest BCUT2D eigenvalue weighted by Crippen LogP contribution is 2.30. The lowest BCUT2D eigenvalue weighted by Crippen LogP contribution is -1.84. The first kappa shape index (κ1) is 11.3. The maximum absolute atomic E-state index is 9.89. The molecule has 17 heavy (non-hydrogen) atoms. The number of phenols is 1. The second-order valence-corrected chi connectivity index (χ2v) is 3.64. The molecule has 0 atom stereocenters. The topological polar surface area (TPSA) is 29.5 Å². The second-order valence-electron chi connectivity index (χ2n) is 3.64. The molecule has 0 radical (unpaired) electrons. The Kier molecular flexibility index (Phi) is 3.46. The van der Waals surface area contributed by atoms with E-state index in [1.54, 1.807) is 13.2 Å². The van der Waals surface area contributed by atoms with Crippen molar-refractivity contribution in [2.24, 2.45) is 0 Å². The predicted molar refractivity (Wildman–Crippen MR) is 70.0 cm³/mol. The highest BCUT2D eigenvalue weighted by atomic mass is 16.5. The van der Waals surface area contributed by atoms with E-state index < -0.39 is 0 Å². The lowest BCUT2D eigenvalue weighted by Gasteiger charge is -2.05. The Morgan fingerprint density at radius 1 is 0.941 bits per heavy atom. The molecule has 2 rings (SSSR count). The molecule has 0 heterocycles. The van der Waals surface area contributed by atoms with E-state index in [9.17, 15) is 5.11 Å². The van der Waals surface area contributed by atoms with Crippen molar-refractivity contribution < 1.29 is 9.84 Å². The van der Waals surface area contributed by atoms with Gasteiger partial charge in [-0.1, -0.05) is 54.6 Å². The Balaban J connectivity index is 2.28. The molecule has 2 nitrogen and oxygen atoms in total. The summed E-state index contributed by atoms with van der Waals surface area (Å²) in [5.74, 6) is 0.655. The van der Waals surface area contributed by atoms with Gasteiger partial charge in [-0.15, -0.1) is 0 Å². The first-order valence-corrected chi connectivity index (χ1v) is 5.40. The SMILES string of the molecule is COc1cccc(/C=C/c2ccccc2)c1O. The van der Waals surface area contributed by atoms with Crippen LogP contribution in [-0.4, -0.2) is 12.2 Å². The summed E-state index contributed by atoms with van der Waals surface area (Å²) in [6.45, 7) is 0. The van der Waals surface area contributed by atoms with Gasteiger partial charge in [0.15, 0.2) is 11.5 Å². The minimum atomic E-state index is 0.169. The van der Waals surface area contributed by atoms with Crippen LogP contribution in [0, 0.1) is 0 Å². The van der Waals surface area contributed by atoms with E-state index in [4.69, 9.17) is 4.74 Å². The molecule has 0 saturated carbocycles. The fourth-order valence-electron chi connectivity index (χ4n) is 1.59. The average molecular weight is 226 g/mol. The monoisotopic (exact) mass is 226 g/mol. The zero-order chi connectivity index (χ0) is 12.1. The quantitative estimate of drug-likeness (QED) is 0.811. The molecule has 0 aliphatic rings. The van der Waals surface area contributed by atoms with Gasteiger partial charge in [0.1, 0.15) is 0 Å². The molecular weight excluding hydrogens is 212 g/mol. The van der Waals surface area contributed by atoms with Crippen LogP contribution >= 0.6 is 0 Å². The second kappa shape index (κ2) is 5.21. The molecule has 2 heteroatoms. The molecule has 2 aromatic rings.